The number of para-hydroxylation sites is 1. The van der Waals surface area contributed by atoms with E-state index < -0.39 is 12.0 Å². The number of aromatic nitrogens is 1. The first-order valence-electron chi connectivity index (χ1n) is 7.08. The molecular weight excluding hydrogens is 288 g/mol. The zero-order valence-electron chi connectivity index (χ0n) is 11.8. The van der Waals surface area contributed by atoms with E-state index in [1.807, 2.05) is 36.1 Å². The molecule has 0 radical (unpaired) electrons. The minimum absolute atomic E-state index is 0.422. The second kappa shape index (κ2) is 5.62. The maximum Gasteiger partial charge on any atom is 0.320 e. The lowest BCUT2D eigenvalue weighted by molar-refractivity contribution is -0.142. The van der Waals surface area contributed by atoms with E-state index in [2.05, 4.69) is 4.98 Å². The van der Waals surface area contributed by atoms with E-state index in [1.54, 1.807) is 0 Å². The number of hydrogen-bond donors (Lipinski definition) is 1. The number of fused-ring (bicyclic) bond motifs is 1. The molecule has 2 aromatic rings. The molecule has 3 rings (SSSR count). The number of aliphatic carboxylic acids is 1. The summed E-state index contributed by atoms with van der Waals surface area (Å²) in [7, 11) is 0. The summed E-state index contributed by atoms with van der Waals surface area (Å²) in [6.07, 6.45) is 1.60. The molecule has 0 amide bonds. The van der Waals surface area contributed by atoms with E-state index in [0.717, 1.165) is 35.1 Å². The Morgan fingerprint density at radius 2 is 2.24 bits per heavy atom. The molecule has 21 heavy (non-hydrogen) atoms. The van der Waals surface area contributed by atoms with E-state index in [9.17, 15) is 9.90 Å². The smallest absolute Gasteiger partial charge is 0.320 e. The van der Waals surface area contributed by atoms with E-state index in [-0.39, 0.29) is 0 Å². The summed E-state index contributed by atoms with van der Waals surface area (Å²) < 4.78 is 0. The highest BCUT2D eigenvalue weighted by molar-refractivity contribution is 6.32. The summed E-state index contributed by atoms with van der Waals surface area (Å²) in [5, 5.41) is 10.9. The Bertz CT molecular complexity index is 702. The first kappa shape index (κ1) is 14.3. The maximum atomic E-state index is 11.3. The number of hydrogen-bond acceptors (Lipinski definition) is 3. The molecule has 4 nitrogen and oxygen atoms in total. The van der Waals surface area contributed by atoms with Crippen LogP contribution in [0.1, 0.15) is 24.1 Å². The minimum atomic E-state index is -0.763. The van der Waals surface area contributed by atoms with Gasteiger partial charge < -0.3 is 5.11 Å². The Morgan fingerprint density at radius 3 is 3.00 bits per heavy atom. The number of rotatable bonds is 3. The number of carboxylic acid groups (broad SMARTS) is 1. The van der Waals surface area contributed by atoms with Crippen LogP contribution < -0.4 is 0 Å². The normalized spacial score (nSPS) is 19.2. The van der Waals surface area contributed by atoms with Gasteiger partial charge in [0.05, 0.1) is 16.2 Å². The van der Waals surface area contributed by atoms with E-state index in [0.29, 0.717) is 18.0 Å². The first-order valence-corrected chi connectivity index (χ1v) is 7.46. The van der Waals surface area contributed by atoms with Crippen molar-refractivity contribution in [3.8, 4) is 0 Å². The van der Waals surface area contributed by atoms with Crippen LogP contribution in [0, 0.1) is 6.92 Å². The molecule has 5 heteroatoms. The molecule has 2 heterocycles. The van der Waals surface area contributed by atoms with E-state index >= 15 is 0 Å². The largest absolute Gasteiger partial charge is 0.480 e. The molecule has 0 saturated carbocycles. The highest BCUT2D eigenvalue weighted by atomic mass is 35.5. The van der Waals surface area contributed by atoms with Gasteiger partial charge in [-0.15, -0.1) is 0 Å². The molecular formula is C16H17ClN2O2. The fourth-order valence-corrected chi connectivity index (χ4v) is 3.21. The predicted molar refractivity (Wildman–Crippen MR) is 82.6 cm³/mol. The van der Waals surface area contributed by atoms with Crippen molar-refractivity contribution in [2.75, 3.05) is 6.54 Å². The number of aryl methyl sites for hydroxylation is 1. The van der Waals surface area contributed by atoms with Gasteiger partial charge in [-0.3, -0.25) is 9.69 Å². The van der Waals surface area contributed by atoms with Crippen molar-refractivity contribution in [3.63, 3.8) is 0 Å². The highest BCUT2D eigenvalue weighted by Crippen LogP contribution is 2.29. The van der Waals surface area contributed by atoms with Crippen molar-refractivity contribution in [1.29, 1.82) is 0 Å². The number of carbonyl (C=O) groups is 1. The third kappa shape index (κ3) is 2.61. The number of benzene rings is 1. The molecule has 0 spiro atoms. The van der Waals surface area contributed by atoms with Gasteiger partial charge in [0, 0.05) is 11.9 Å². The lowest BCUT2D eigenvalue weighted by Gasteiger charge is -2.21. The van der Waals surface area contributed by atoms with E-state index in [4.69, 9.17) is 11.6 Å². The third-order valence-corrected chi connectivity index (χ3v) is 4.65. The van der Waals surface area contributed by atoms with Crippen molar-refractivity contribution in [3.05, 3.63) is 40.5 Å². The summed E-state index contributed by atoms with van der Waals surface area (Å²) in [4.78, 5) is 17.8. The standard InChI is InChI=1S/C16H17ClN2O2/c1-10-11-5-2-3-6-12(11)18-13(15(10)17)9-19-8-4-7-14(19)16(20)21/h2-3,5-6,14H,4,7-9H2,1H3,(H,20,21). The Labute approximate surface area is 128 Å². The maximum absolute atomic E-state index is 11.3. The molecule has 1 aliphatic rings. The molecule has 0 bridgehead atoms. The number of nitrogens with zero attached hydrogens (tertiary/aromatic N) is 2. The number of halogens is 1. The predicted octanol–water partition coefficient (Wildman–Crippen LogP) is 3.25. The van der Waals surface area contributed by atoms with Gasteiger partial charge in [0.25, 0.3) is 0 Å². The Kier molecular flexibility index (Phi) is 3.83. The molecule has 1 N–H and O–H groups in total. The summed E-state index contributed by atoms with van der Waals surface area (Å²) in [5.41, 5.74) is 2.67. The summed E-state index contributed by atoms with van der Waals surface area (Å²) in [6.45, 7) is 3.25. The number of pyridine rings is 1. The van der Waals surface area contributed by atoms with Gasteiger partial charge in [0.2, 0.25) is 0 Å². The van der Waals surface area contributed by atoms with Crippen LogP contribution >= 0.6 is 11.6 Å². The van der Waals surface area contributed by atoms with Crippen LogP contribution in [-0.2, 0) is 11.3 Å². The van der Waals surface area contributed by atoms with Crippen molar-refractivity contribution in [2.45, 2.75) is 32.4 Å². The fraction of sp³-hybridized carbons (Fsp3) is 0.375. The van der Waals surface area contributed by atoms with Gasteiger partial charge in [-0.05, 0) is 37.9 Å². The molecule has 110 valence electrons. The van der Waals surface area contributed by atoms with Crippen LogP contribution in [0.5, 0.6) is 0 Å². The zero-order valence-corrected chi connectivity index (χ0v) is 12.6. The van der Waals surface area contributed by atoms with Gasteiger partial charge in [-0.2, -0.15) is 0 Å². The van der Waals surface area contributed by atoms with Gasteiger partial charge in [-0.1, -0.05) is 29.8 Å². The first-order chi connectivity index (χ1) is 10.1. The van der Waals surface area contributed by atoms with Crippen LogP contribution in [0.15, 0.2) is 24.3 Å². The van der Waals surface area contributed by atoms with Crippen molar-refractivity contribution < 1.29 is 9.90 Å². The molecule has 1 unspecified atom stereocenters. The van der Waals surface area contributed by atoms with Gasteiger partial charge in [-0.25, -0.2) is 4.98 Å². The van der Waals surface area contributed by atoms with Crippen LogP contribution in [-0.4, -0.2) is 33.5 Å². The quantitative estimate of drug-likeness (QED) is 0.946. The van der Waals surface area contributed by atoms with Crippen LogP contribution in [0.2, 0.25) is 5.02 Å². The second-order valence-electron chi connectivity index (χ2n) is 5.48. The Hall–Kier alpha value is -1.65. The molecule has 1 aromatic heterocycles. The molecule has 1 aromatic carbocycles. The van der Waals surface area contributed by atoms with Crippen LogP contribution in [0.25, 0.3) is 10.9 Å². The summed E-state index contributed by atoms with van der Waals surface area (Å²) >= 11 is 6.44. The molecule has 1 atom stereocenters. The van der Waals surface area contributed by atoms with Crippen molar-refractivity contribution in [1.82, 2.24) is 9.88 Å². The fourth-order valence-electron chi connectivity index (χ4n) is 3.01. The van der Waals surface area contributed by atoms with Gasteiger partial charge >= 0.3 is 5.97 Å². The summed E-state index contributed by atoms with van der Waals surface area (Å²) in [5.74, 6) is -0.763. The van der Waals surface area contributed by atoms with E-state index in [1.165, 1.54) is 0 Å². The highest BCUT2D eigenvalue weighted by Gasteiger charge is 2.31. The van der Waals surface area contributed by atoms with Gasteiger partial charge in [0.1, 0.15) is 6.04 Å². The van der Waals surface area contributed by atoms with Gasteiger partial charge in [0.15, 0.2) is 0 Å². The lowest BCUT2D eigenvalue weighted by Crippen LogP contribution is -2.35. The Balaban J connectivity index is 1.97. The summed E-state index contributed by atoms with van der Waals surface area (Å²) in [6, 6.07) is 7.45. The molecule has 1 fully saturated rings. The molecule has 1 aliphatic heterocycles. The molecule has 0 aliphatic carbocycles. The topological polar surface area (TPSA) is 53.4 Å². The molecule has 1 saturated heterocycles. The van der Waals surface area contributed by atoms with Crippen LogP contribution in [0.3, 0.4) is 0 Å². The average molecular weight is 305 g/mol. The Morgan fingerprint density at radius 1 is 1.48 bits per heavy atom. The van der Waals surface area contributed by atoms with Crippen molar-refractivity contribution in [2.24, 2.45) is 0 Å². The minimum Gasteiger partial charge on any atom is -0.480 e. The average Bonchev–Trinajstić information content (AvgIpc) is 2.93. The number of likely N-dealkylation sites (tertiary alicyclic amines) is 1. The van der Waals surface area contributed by atoms with Crippen LogP contribution in [0.4, 0.5) is 0 Å². The van der Waals surface area contributed by atoms with Crippen molar-refractivity contribution >= 4 is 28.5 Å². The number of carboxylic acids is 1. The SMILES string of the molecule is Cc1c(Cl)c(CN2CCCC2C(=O)O)nc2ccccc12. The lowest BCUT2D eigenvalue weighted by atomic mass is 10.1. The third-order valence-electron chi connectivity index (χ3n) is 4.15. The monoisotopic (exact) mass is 304 g/mol. The second-order valence-corrected chi connectivity index (χ2v) is 5.86. The zero-order chi connectivity index (χ0) is 15.0.